The first-order valence-corrected chi connectivity index (χ1v) is 7.64. The third kappa shape index (κ3) is 3.20. The van der Waals surface area contributed by atoms with E-state index in [0.717, 1.165) is 12.8 Å². The molecule has 0 aliphatic carbocycles. The molecule has 1 heterocycles. The number of hydrogen-bond donors (Lipinski definition) is 1. The Hall–Kier alpha value is -1.14. The van der Waals surface area contributed by atoms with E-state index in [1.165, 1.54) is 4.31 Å². The fourth-order valence-corrected chi connectivity index (χ4v) is 3.35. The highest BCUT2D eigenvalue weighted by Gasteiger charge is 2.25. The topological polar surface area (TPSA) is 62.3 Å². The molecule has 0 radical (unpaired) electrons. The molecule has 6 heteroatoms. The molecule has 0 amide bonds. The van der Waals surface area contributed by atoms with Crippen LogP contribution in [0, 0.1) is 0 Å². The van der Waals surface area contributed by atoms with E-state index in [4.69, 9.17) is 0 Å². The summed E-state index contributed by atoms with van der Waals surface area (Å²) in [6, 6.07) is 3.23. The summed E-state index contributed by atoms with van der Waals surface area (Å²) in [6.45, 7) is 4.92. The molecular formula is C12H21N3O2S. The van der Waals surface area contributed by atoms with Gasteiger partial charge in [0.05, 0.1) is 0 Å². The fourth-order valence-electron chi connectivity index (χ4n) is 1.71. The van der Waals surface area contributed by atoms with Crippen molar-refractivity contribution in [3.8, 4) is 0 Å². The highest BCUT2D eigenvalue weighted by atomic mass is 32.2. The molecule has 102 valence electrons. The molecule has 1 rings (SSSR count). The first kappa shape index (κ1) is 14.9. The lowest BCUT2D eigenvalue weighted by Gasteiger charge is -2.21. The molecule has 18 heavy (non-hydrogen) atoms. The molecule has 1 aromatic rings. The molecule has 0 unspecified atom stereocenters. The maximum atomic E-state index is 12.5. The number of nitrogens with one attached hydrogen (secondary N) is 1. The molecule has 1 aromatic heterocycles. The lowest BCUT2D eigenvalue weighted by Crippen LogP contribution is -2.32. The summed E-state index contributed by atoms with van der Waals surface area (Å²) in [7, 11) is -1.79. The summed E-state index contributed by atoms with van der Waals surface area (Å²) < 4.78 is 26.5. The average molecular weight is 271 g/mol. The van der Waals surface area contributed by atoms with Gasteiger partial charge in [-0.05, 0) is 18.6 Å². The van der Waals surface area contributed by atoms with Crippen LogP contribution in [0.15, 0.2) is 23.2 Å². The molecule has 0 saturated carbocycles. The van der Waals surface area contributed by atoms with Crippen LogP contribution < -0.4 is 5.32 Å². The van der Waals surface area contributed by atoms with Crippen LogP contribution in [0.3, 0.4) is 0 Å². The SMILES string of the molecule is CCCCN(CC)S(=O)(=O)c1cccnc1NC. The minimum absolute atomic E-state index is 0.241. The van der Waals surface area contributed by atoms with Gasteiger partial charge >= 0.3 is 0 Å². The normalized spacial score (nSPS) is 11.8. The molecular weight excluding hydrogens is 250 g/mol. The summed E-state index contributed by atoms with van der Waals surface area (Å²) in [5, 5.41) is 2.82. The van der Waals surface area contributed by atoms with Gasteiger partial charge in [-0.15, -0.1) is 0 Å². The van der Waals surface area contributed by atoms with E-state index in [-0.39, 0.29) is 4.90 Å². The highest BCUT2D eigenvalue weighted by molar-refractivity contribution is 7.89. The summed E-state index contributed by atoms with van der Waals surface area (Å²) in [5.74, 6) is 0.396. The molecule has 0 atom stereocenters. The van der Waals surface area contributed by atoms with Gasteiger partial charge < -0.3 is 5.32 Å². The Balaban J connectivity index is 3.10. The first-order valence-electron chi connectivity index (χ1n) is 6.20. The number of pyridine rings is 1. The zero-order valence-electron chi connectivity index (χ0n) is 11.2. The van der Waals surface area contributed by atoms with E-state index in [9.17, 15) is 8.42 Å². The lowest BCUT2D eigenvalue weighted by molar-refractivity contribution is 0.419. The van der Waals surface area contributed by atoms with Gasteiger partial charge in [0.15, 0.2) is 0 Å². The van der Waals surface area contributed by atoms with Crippen molar-refractivity contribution >= 4 is 15.8 Å². The maximum Gasteiger partial charge on any atom is 0.246 e. The standard InChI is InChI=1S/C12H21N3O2S/c1-4-6-10-15(5-2)18(16,17)11-8-7-9-14-12(11)13-3/h7-9H,4-6,10H2,1-3H3,(H,13,14). The first-order chi connectivity index (χ1) is 8.57. The Morgan fingerprint density at radius 2 is 2.11 bits per heavy atom. The summed E-state index contributed by atoms with van der Waals surface area (Å²) in [6.07, 6.45) is 3.41. The van der Waals surface area contributed by atoms with Crippen LogP contribution in [0.5, 0.6) is 0 Å². The van der Waals surface area contributed by atoms with Crippen molar-refractivity contribution in [2.75, 3.05) is 25.5 Å². The van der Waals surface area contributed by atoms with Gasteiger partial charge in [0.2, 0.25) is 10.0 Å². The van der Waals surface area contributed by atoms with E-state index >= 15 is 0 Å². The van der Waals surface area contributed by atoms with Crippen molar-refractivity contribution in [3.63, 3.8) is 0 Å². The van der Waals surface area contributed by atoms with Crippen molar-refractivity contribution in [3.05, 3.63) is 18.3 Å². The van der Waals surface area contributed by atoms with Crippen LogP contribution in [-0.4, -0.2) is 37.8 Å². The second-order valence-corrected chi connectivity index (χ2v) is 5.86. The molecule has 0 saturated heterocycles. The second-order valence-electron chi connectivity index (χ2n) is 3.95. The Bertz CT molecular complexity index is 474. The molecule has 0 fully saturated rings. The number of aromatic nitrogens is 1. The zero-order valence-corrected chi connectivity index (χ0v) is 12.0. The molecule has 1 N–H and O–H groups in total. The van der Waals surface area contributed by atoms with E-state index < -0.39 is 10.0 Å². The predicted octanol–water partition coefficient (Wildman–Crippen LogP) is 1.93. The molecule has 5 nitrogen and oxygen atoms in total. The molecule has 0 spiro atoms. The summed E-state index contributed by atoms with van der Waals surface area (Å²) in [5.41, 5.74) is 0. The lowest BCUT2D eigenvalue weighted by atomic mass is 10.3. The van der Waals surface area contributed by atoms with Crippen LogP contribution in [-0.2, 0) is 10.0 Å². The molecule has 0 bridgehead atoms. The summed E-state index contributed by atoms with van der Waals surface area (Å²) in [4.78, 5) is 4.28. The minimum Gasteiger partial charge on any atom is -0.372 e. The van der Waals surface area contributed by atoms with Gasteiger partial charge in [-0.1, -0.05) is 20.3 Å². The fraction of sp³-hybridized carbons (Fsp3) is 0.583. The van der Waals surface area contributed by atoms with Crippen LogP contribution in [0.2, 0.25) is 0 Å². The number of rotatable bonds is 7. The highest BCUT2D eigenvalue weighted by Crippen LogP contribution is 2.22. The van der Waals surface area contributed by atoms with Gasteiger partial charge in [0, 0.05) is 26.3 Å². The predicted molar refractivity (Wildman–Crippen MR) is 73.1 cm³/mol. The van der Waals surface area contributed by atoms with Crippen LogP contribution in [0.4, 0.5) is 5.82 Å². The Labute approximate surface area is 109 Å². The van der Waals surface area contributed by atoms with Crippen molar-refractivity contribution in [2.24, 2.45) is 0 Å². The van der Waals surface area contributed by atoms with Gasteiger partial charge in [0.1, 0.15) is 10.7 Å². The summed E-state index contributed by atoms with van der Waals surface area (Å²) >= 11 is 0. The second kappa shape index (κ2) is 6.70. The third-order valence-electron chi connectivity index (χ3n) is 2.74. The molecule has 0 aromatic carbocycles. The van der Waals surface area contributed by atoms with Crippen LogP contribution in [0.1, 0.15) is 26.7 Å². The van der Waals surface area contributed by atoms with Gasteiger partial charge in [-0.2, -0.15) is 4.31 Å². The van der Waals surface area contributed by atoms with Crippen LogP contribution in [0.25, 0.3) is 0 Å². The number of unbranched alkanes of at least 4 members (excludes halogenated alkanes) is 1. The Morgan fingerprint density at radius 1 is 1.39 bits per heavy atom. The monoisotopic (exact) mass is 271 g/mol. The zero-order chi connectivity index (χ0) is 13.6. The number of sulfonamides is 1. The number of anilines is 1. The van der Waals surface area contributed by atoms with E-state index in [1.54, 1.807) is 25.4 Å². The van der Waals surface area contributed by atoms with Crippen molar-refractivity contribution < 1.29 is 8.42 Å². The van der Waals surface area contributed by atoms with E-state index in [2.05, 4.69) is 10.3 Å². The average Bonchev–Trinajstić information content (AvgIpc) is 2.39. The number of nitrogens with zero attached hydrogens (tertiary/aromatic N) is 2. The van der Waals surface area contributed by atoms with E-state index in [0.29, 0.717) is 18.9 Å². The van der Waals surface area contributed by atoms with Gasteiger partial charge in [-0.25, -0.2) is 13.4 Å². The van der Waals surface area contributed by atoms with Gasteiger partial charge in [0.25, 0.3) is 0 Å². The van der Waals surface area contributed by atoms with Crippen molar-refractivity contribution in [1.82, 2.24) is 9.29 Å². The number of hydrogen-bond acceptors (Lipinski definition) is 4. The quantitative estimate of drug-likeness (QED) is 0.823. The smallest absolute Gasteiger partial charge is 0.246 e. The van der Waals surface area contributed by atoms with Crippen molar-refractivity contribution in [2.45, 2.75) is 31.6 Å². The largest absolute Gasteiger partial charge is 0.372 e. The third-order valence-corrected chi connectivity index (χ3v) is 4.74. The van der Waals surface area contributed by atoms with Crippen LogP contribution >= 0.6 is 0 Å². The van der Waals surface area contributed by atoms with E-state index in [1.807, 2.05) is 13.8 Å². The maximum absolute atomic E-state index is 12.5. The Kier molecular flexibility index (Phi) is 5.55. The minimum atomic E-state index is -3.46. The van der Waals surface area contributed by atoms with Crippen molar-refractivity contribution in [1.29, 1.82) is 0 Å². The molecule has 0 aliphatic rings. The van der Waals surface area contributed by atoms with Gasteiger partial charge in [-0.3, -0.25) is 0 Å². The molecule has 0 aliphatic heterocycles. The Morgan fingerprint density at radius 3 is 2.67 bits per heavy atom.